The molecule has 9 heteroatoms. The summed E-state index contributed by atoms with van der Waals surface area (Å²) in [5, 5.41) is 0. The maximum Gasteiger partial charge on any atom is 0.267 e. The highest BCUT2D eigenvalue weighted by Crippen LogP contribution is 2.17. The number of carbonyl (C=O) groups is 1. The number of ether oxygens (including phenoxy) is 1. The minimum Gasteiger partial charge on any atom is -0.350 e. The fourth-order valence-corrected chi connectivity index (χ4v) is 4.07. The van der Waals surface area contributed by atoms with E-state index in [2.05, 4.69) is 28.1 Å². The van der Waals surface area contributed by atoms with Crippen molar-refractivity contribution in [2.75, 3.05) is 6.61 Å². The summed E-state index contributed by atoms with van der Waals surface area (Å²) in [5.41, 5.74) is 2.89. The second-order valence-electron chi connectivity index (χ2n) is 5.95. The first-order chi connectivity index (χ1) is 12.9. The lowest BCUT2D eigenvalue weighted by molar-refractivity contribution is -0.198. The van der Waals surface area contributed by atoms with Crippen molar-refractivity contribution in [2.45, 2.75) is 30.4 Å². The van der Waals surface area contributed by atoms with Gasteiger partial charge in [-0.3, -0.25) is 4.79 Å². The summed E-state index contributed by atoms with van der Waals surface area (Å²) in [6.45, 7) is 0.624. The van der Waals surface area contributed by atoms with Crippen LogP contribution in [0.1, 0.15) is 24.8 Å². The van der Waals surface area contributed by atoms with Crippen LogP contribution in [0.3, 0.4) is 0 Å². The number of hydrogen-bond acceptors (Lipinski definition) is 5. The standard InChI is InChI=1S/C18H19IN2O5S/c19-15-5-7-16(8-6-15)27(23,24)21-11-10-14(13-21)4-9-17(22)20-26-18-3-1-2-12-25-18/h4-11,13,18H,1-3,12H2,(H,20,22). The van der Waals surface area contributed by atoms with Gasteiger partial charge in [0.25, 0.3) is 15.9 Å². The third-order valence-corrected chi connectivity index (χ3v) is 6.30. The number of rotatable bonds is 6. The van der Waals surface area contributed by atoms with Gasteiger partial charge >= 0.3 is 0 Å². The van der Waals surface area contributed by atoms with Gasteiger partial charge in [0.05, 0.1) is 4.90 Å². The summed E-state index contributed by atoms with van der Waals surface area (Å²) in [5.74, 6) is -0.447. The van der Waals surface area contributed by atoms with Crippen molar-refractivity contribution in [3.63, 3.8) is 0 Å². The van der Waals surface area contributed by atoms with Crippen LogP contribution in [0.25, 0.3) is 6.08 Å². The van der Waals surface area contributed by atoms with Crippen molar-refractivity contribution in [3.05, 3.63) is 57.9 Å². The lowest BCUT2D eigenvalue weighted by Gasteiger charge is -2.21. The molecule has 1 atom stereocenters. The van der Waals surface area contributed by atoms with Crippen molar-refractivity contribution in [1.29, 1.82) is 0 Å². The molecule has 0 bridgehead atoms. The molecule has 0 radical (unpaired) electrons. The van der Waals surface area contributed by atoms with Crippen LogP contribution in [-0.2, 0) is 24.4 Å². The summed E-state index contributed by atoms with van der Waals surface area (Å²) < 4.78 is 32.6. The third kappa shape index (κ3) is 5.41. The van der Waals surface area contributed by atoms with Crippen molar-refractivity contribution < 1.29 is 22.8 Å². The quantitative estimate of drug-likeness (QED) is 0.373. The van der Waals surface area contributed by atoms with Crippen molar-refractivity contribution in [2.24, 2.45) is 0 Å². The predicted octanol–water partition coefficient (Wildman–Crippen LogP) is 2.92. The Kier molecular flexibility index (Phi) is 6.68. The van der Waals surface area contributed by atoms with E-state index in [1.165, 1.54) is 24.5 Å². The molecule has 0 spiro atoms. The summed E-state index contributed by atoms with van der Waals surface area (Å²) in [6.07, 6.45) is 7.99. The first kappa shape index (κ1) is 20.1. The fraction of sp³-hybridized carbons (Fsp3) is 0.278. The molecule has 2 aromatic rings. The summed E-state index contributed by atoms with van der Waals surface area (Å²) in [7, 11) is -3.66. The number of nitrogens with one attached hydrogen (secondary N) is 1. The van der Waals surface area contributed by atoms with Gasteiger partial charge in [0.15, 0.2) is 6.29 Å². The van der Waals surface area contributed by atoms with Crippen LogP contribution >= 0.6 is 22.6 Å². The van der Waals surface area contributed by atoms with Gasteiger partial charge in [0, 0.05) is 35.1 Å². The highest BCUT2D eigenvalue weighted by molar-refractivity contribution is 14.1. The number of carbonyl (C=O) groups excluding carboxylic acids is 1. The SMILES string of the molecule is O=C(C=Cc1ccn(S(=O)(=O)c2ccc(I)cc2)c1)NOC1CCCCO1. The zero-order valence-electron chi connectivity index (χ0n) is 14.4. The Labute approximate surface area is 171 Å². The van der Waals surface area contributed by atoms with Gasteiger partial charge in [-0.2, -0.15) is 0 Å². The van der Waals surface area contributed by atoms with E-state index in [0.29, 0.717) is 12.2 Å². The Morgan fingerprint density at radius 2 is 2.04 bits per heavy atom. The van der Waals surface area contributed by atoms with Crippen LogP contribution < -0.4 is 5.48 Å². The molecule has 1 amide bonds. The zero-order valence-corrected chi connectivity index (χ0v) is 17.4. The van der Waals surface area contributed by atoms with E-state index in [1.54, 1.807) is 30.3 Å². The molecule has 1 aliphatic rings. The van der Waals surface area contributed by atoms with Gasteiger partial charge in [-0.25, -0.2) is 22.7 Å². The molecule has 7 nitrogen and oxygen atoms in total. The van der Waals surface area contributed by atoms with Gasteiger partial charge < -0.3 is 4.74 Å². The molecule has 1 saturated heterocycles. The highest BCUT2D eigenvalue weighted by Gasteiger charge is 2.17. The Balaban J connectivity index is 1.60. The van der Waals surface area contributed by atoms with Crippen molar-refractivity contribution in [1.82, 2.24) is 9.45 Å². The molecule has 1 aromatic heterocycles. The first-order valence-corrected chi connectivity index (χ1v) is 10.9. The molecule has 1 aromatic carbocycles. The van der Waals surface area contributed by atoms with Crippen LogP contribution in [0.15, 0.2) is 53.7 Å². The Hall–Kier alpha value is -1.69. The zero-order chi connectivity index (χ0) is 19.3. The van der Waals surface area contributed by atoms with E-state index < -0.39 is 22.2 Å². The number of amides is 1. The monoisotopic (exact) mass is 502 g/mol. The van der Waals surface area contributed by atoms with Crippen molar-refractivity contribution >= 4 is 44.6 Å². The van der Waals surface area contributed by atoms with Crippen LogP contribution in [0.5, 0.6) is 0 Å². The van der Waals surface area contributed by atoms with E-state index in [9.17, 15) is 13.2 Å². The normalized spacial score (nSPS) is 17.9. The predicted molar refractivity (Wildman–Crippen MR) is 108 cm³/mol. The first-order valence-electron chi connectivity index (χ1n) is 8.39. The molecule has 1 unspecified atom stereocenters. The molecule has 2 heterocycles. The van der Waals surface area contributed by atoms with Gasteiger partial charge in [0.2, 0.25) is 0 Å². The van der Waals surface area contributed by atoms with Gasteiger partial charge in [-0.15, -0.1) is 0 Å². The fourth-order valence-electron chi connectivity index (χ4n) is 2.50. The molecule has 1 fully saturated rings. The number of nitrogens with zero attached hydrogens (tertiary/aromatic N) is 1. The smallest absolute Gasteiger partial charge is 0.267 e. The van der Waals surface area contributed by atoms with Crippen LogP contribution in [0.4, 0.5) is 0 Å². The average molecular weight is 502 g/mol. The minimum absolute atomic E-state index is 0.202. The summed E-state index contributed by atoms with van der Waals surface area (Å²) in [6, 6.07) is 8.20. The number of benzene rings is 1. The van der Waals surface area contributed by atoms with E-state index in [0.717, 1.165) is 26.8 Å². The molecule has 144 valence electrons. The maximum absolute atomic E-state index is 12.6. The number of aromatic nitrogens is 1. The van der Waals surface area contributed by atoms with E-state index in [1.807, 2.05) is 0 Å². The topological polar surface area (TPSA) is 86.6 Å². The summed E-state index contributed by atoms with van der Waals surface area (Å²) >= 11 is 2.11. The average Bonchev–Trinajstić information content (AvgIpc) is 3.16. The van der Waals surface area contributed by atoms with Gasteiger partial charge in [-0.05, 0) is 77.4 Å². The van der Waals surface area contributed by atoms with Crippen LogP contribution in [-0.4, -0.2) is 31.2 Å². The Morgan fingerprint density at radius 1 is 1.26 bits per heavy atom. The lowest BCUT2D eigenvalue weighted by atomic mass is 10.2. The molecular weight excluding hydrogens is 483 g/mol. The minimum atomic E-state index is -3.66. The molecular formula is C18H19IN2O5S. The molecule has 0 saturated carbocycles. The Morgan fingerprint density at radius 3 is 2.74 bits per heavy atom. The van der Waals surface area contributed by atoms with Gasteiger partial charge in [0.1, 0.15) is 0 Å². The molecule has 1 N–H and O–H groups in total. The molecule has 1 aliphatic heterocycles. The van der Waals surface area contributed by atoms with Crippen molar-refractivity contribution in [3.8, 4) is 0 Å². The molecule has 3 rings (SSSR count). The Bertz CT molecular complexity index is 915. The third-order valence-electron chi connectivity index (χ3n) is 3.94. The van der Waals surface area contributed by atoms with Crippen LogP contribution in [0.2, 0.25) is 0 Å². The lowest BCUT2D eigenvalue weighted by Crippen LogP contribution is -2.32. The van der Waals surface area contributed by atoms with E-state index in [4.69, 9.17) is 9.57 Å². The highest BCUT2D eigenvalue weighted by atomic mass is 127. The molecule has 27 heavy (non-hydrogen) atoms. The largest absolute Gasteiger partial charge is 0.350 e. The molecule has 0 aliphatic carbocycles. The van der Waals surface area contributed by atoms with Crippen LogP contribution in [0, 0.1) is 3.57 Å². The second kappa shape index (κ2) is 9.00. The number of halogens is 1. The maximum atomic E-state index is 12.6. The second-order valence-corrected chi connectivity index (χ2v) is 9.04. The number of hydrogen-bond donors (Lipinski definition) is 1. The van der Waals surface area contributed by atoms with Gasteiger partial charge in [-0.1, -0.05) is 0 Å². The summed E-state index contributed by atoms with van der Waals surface area (Å²) in [4.78, 5) is 17.2. The van der Waals surface area contributed by atoms with E-state index >= 15 is 0 Å². The van der Waals surface area contributed by atoms with E-state index in [-0.39, 0.29) is 4.90 Å². The number of hydroxylamine groups is 1.